The van der Waals surface area contributed by atoms with Crippen LogP contribution in [0, 0.1) is 5.92 Å². The molecule has 1 fully saturated rings. The van der Waals surface area contributed by atoms with Gasteiger partial charge < -0.3 is 10.1 Å². The van der Waals surface area contributed by atoms with Gasteiger partial charge in [0.25, 0.3) is 0 Å². The molecule has 6 nitrogen and oxygen atoms in total. The number of carbonyl (C=O) groups excluding carboxylic acids is 1. The van der Waals surface area contributed by atoms with Gasteiger partial charge in [0.1, 0.15) is 5.75 Å². The summed E-state index contributed by atoms with van der Waals surface area (Å²) >= 11 is 7.43. The number of likely N-dealkylation sites (tertiary alicyclic amines) is 1. The predicted octanol–water partition coefficient (Wildman–Crippen LogP) is 4.54. The van der Waals surface area contributed by atoms with Gasteiger partial charge in [-0.2, -0.15) is 0 Å². The van der Waals surface area contributed by atoms with Gasteiger partial charge in [0, 0.05) is 42.6 Å². The van der Waals surface area contributed by atoms with E-state index in [1.54, 1.807) is 19.5 Å². The lowest BCUT2D eigenvalue weighted by molar-refractivity contribution is -0.118. The number of ether oxygens (including phenoxy) is 1. The van der Waals surface area contributed by atoms with Crippen molar-refractivity contribution >= 4 is 29.3 Å². The molecule has 1 saturated heterocycles. The molecule has 2 aromatic carbocycles. The van der Waals surface area contributed by atoms with E-state index in [1.807, 2.05) is 42.5 Å². The smallest absolute Gasteiger partial charge is 0.230 e. The van der Waals surface area contributed by atoms with E-state index in [-0.39, 0.29) is 5.91 Å². The first-order valence-corrected chi connectivity index (χ1v) is 12.3. The third-order valence-electron chi connectivity index (χ3n) is 5.64. The summed E-state index contributed by atoms with van der Waals surface area (Å²) in [6.07, 6.45) is 4.65. The number of carbonyl (C=O) groups is 1. The zero-order valence-corrected chi connectivity index (χ0v) is 20.1. The normalized spacial score (nSPS) is 16.0. The minimum absolute atomic E-state index is 0.0103. The van der Waals surface area contributed by atoms with Crippen molar-refractivity contribution in [3.05, 3.63) is 71.5 Å². The van der Waals surface area contributed by atoms with Gasteiger partial charge in [-0.3, -0.25) is 9.69 Å². The molecule has 2 heterocycles. The summed E-state index contributed by atoms with van der Waals surface area (Å²) in [7, 11) is 1.64. The molecular formula is C25H27ClN4O2S. The van der Waals surface area contributed by atoms with Crippen molar-refractivity contribution in [2.24, 2.45) is 5.92 Å². The molecule has 8 heteroatoms. The maximum Gasteiger partial charge on any atom is 0.230 e. The minimum Gasteiger partial charge on any atom is -0.497 e. The van der Waals surface area contributed by atoms with Gasteiger partial charge in [0.2, 0.25) is 5.91 Å². The quantitative estimate of drug-likeness (QED) is 0.357. The van der Waals surface area contributed by atoms with E-state index in [1.165, 1.54) is 17.3 Å². The van der Waals surface area contributed by atoms with Crippen LogP contribution < -0.4 is 10.1 Å². The number of hydrogen-bond acceptors (Lipinski definition) is 6. The first-order chi connectivity index (χ1) is 16.1. The summed E-state index contributed by atoms with van der Waals surface area (Å²) in [6, 6.07) is 15.7. The molecule has 1 N–H and O–H groups in total. The van der Waals surface area contributed by atoms with E-state index in [0.29, 0.717) is 23.4 Å². The molecule has 1 unspecified atom stereocenters. The molecule has 4 rings (SSSR count). The standard InChI is InChI=1S/C25H27ClN4O2S/c1-32-23-7-5-20(6-8-23)21-13-28-25(29-14-21)33-17-24(31)27-12-19-9-10-30(16-19)15-18-3-2-4-22(26)11-18/h2-8,11,13-14,19H,9-10,12,15-17H2,1H3,(H,27,31). The Kier molecular flexibility index (Phi) is 8.20. The summed E-state index contributed by atoms with van der Waals surface area (Å²) in [5.74, 6) is 1.60. The number of halogens is 1. The monoisotopic (exact) mass is 482 g/mol. The van der Waals surface area contributed by atoms with Crippen LogP contribution in [0.2, 0.25) is 5.02 Å². The van der Waals surface area contributed by atoms with Gasteiger partial charge in [0.15, 0.2) is 5.16 Å². The van der Waals surface area contributed by atoms with Crippen LogP contribution in [0.15, 0.2) is 66.1 Å². The first-order valence-electron chi connectivity index (χ1n) is 10.9. The molecule has 172 valence electrons. The molecule has 0 spiro atoms. The highest BCUT2D eigenvalue weighted by molar-refractivity contribution is 7.99. The number of benzene rings is 2. The van der Waals surface area contributed by atoms with E-state index in [2.05, 4.69) is 26.3 Å². The second kappa shape index (κ2) is 11.5. The number of hydrogen-bond donors (Lipinski definition) is 1. The highest BCUT2D eigenvalue weighted by Crippen LogP contribution is 2.23. The largest absolute Gasteiger partial charge is 0.497 e. The van der Waals surface area contributed by atoms with Crippen LogP contribution in [0.25, 0.3) is 11.1 Å². The Morgan fingerprint density at radius 1 is 1.18 bits per heavy atom. The third kappa shape index (κ3) is 6.93. The predicted molar refractivity (Wildman–Crippen MR) is 133 cm³/mol. The number of nitrogens with zero attached hydrogens (tertiary/aromatic N) is 3. The Bertz CT molecular complexity index is 1060. The van der Waals surface area contributed by atoms with E-state index in [9.17, 15) is 4.79 Å². The Morgan fingerprint density at radius 3 is 2.70 bits per heavy atom. The Morgan fingerprint density at radius 2 is 1.97 bits per heavy atom. The van der Waals surface area contributed by atoms with Gasteiger partial charge in [-0.05, 0) is 54.3 Å². The summed E-state index contributed by atoms with van der Waals surface area (Å²) < 4.78 is 5.18. The summed E-state index contributed by atoms with van der Waals surface area (Å²) in [5.41, 5.74) is 3.17. The van der Waals surface area contributed by atoms with Crippen LogP contribution in [0.5, 0.6) is 5.75 Å². The lowest BCUT2D eigenvalue weighted by atomic mass is 10.1. The number of nitrogens with one attached hydrogen (secondary N) is 1. The van der Waals surface area contributed by atoms with Crippen LogP contribution in [-0.4, -0.2) is 53.3 Å². The van der Waals surface area contributed by atoms with Crippen molar-refractivity contribution in [2.75, 3.05) is 32.5 Å². The van der Waals surface area contributed by atoms with Crippen LogP contribution >= 0.6 is 23.4 Å². The Balaban J connectivity index is 1.17. The van der Waals surface area contributed by atoms with Crippen molar-refractivity contribution in [3.8, 4) is 16.9 Å². The van der Waals surface area contributed by atoms with Gasteiger partial charge >= 0.3 is 0 Å². The summed E-state index contributed by atoms with van der Waals surface area (Å²) in [4.78, 5) is 23.5. The molecule has 1 atom stereocenters. The zero-order valence-electron chi connectivity index (χ0n) is 18.5. The molecule has 0 saturated carbocycles. The zero-order chi connectivity index (χ0) is 23.0. The maximum absolute atomic E-state index is 12.3. The molecule has 1 aliphatic rings. The van der Waals surface area contributed by atoms with Crippen LogP contribution in [-0.2, 0) is 11.3 Å². The molecule has 33 heavy (non-hydrogen) atoms. The van der Waals surface area contributed by atoms with Crippen LogP contribution in [0.1, 0.15) is 12.0 Å². The van der Waals surface area contributed by atoms with Gasteiger partial charge in [-0.15, -0.1) is 0 Å². The lowest BCUT2D eigenvalue weighted by Gasteiger charge is -2.16. The molecular weight excluding hydrogens is 456 g/mol. The minimum atomic E-state index is 0.0103. The number of rotatable bonds is 9. The van der Waals surface area contributed by atoms with Crippen molar-refractivity contribution < 1.29 is 9.53 Å². The van der Waals surface area contributed by atoms with E-state index in [4.69, 9.17) is 16.3 Å². The van der Waals surface area contributed by atoms with Crippen molar-refractivity contribution in [2.45, 2.75) is 18.1 Å². The Hall–Kier alpha value is -2.61. The number of aromatic nitrogens is 2. The van der Waals surface area contributed by atoms with Crippen molar-refractivity contribution in [1.82, 2.24) is 20.2 Å². The maximum atomic E-state index is 12.3. The fourth-order valence-electron chi connectivity index (χ4n) is 3.88. The van der Waals surface area contributed by atoms with Crippen molar-refractivity contribution in [1.29, 1.82) is 0 Å². The third-order valence-corrected chi connectivity index (χ3v) is 6.75. The molecule has 1 aliphatic heterocycles. The summed E-state index contributed by atoms with van der Waals surface area (Å²) in [6.45, 7) is 3.61. The fourth-order valence-corrected chi connectivity index (χ4v) is 4.71. The SMILES string of the molecule is COc1ccc(-c2cnc(SCC(=O)NCC3CCN(Cc4cccc(Cl)c4)C3)nc2)cc1. The second-order valence-electron chi connectivity index (χ2n) is 8.10. The topological polar surface area (TPSA) is 67.3 Å². The molecule has 1 aromatic heterocycles. The number of amides is 1. The average molecular weight is 483 g/mol. The molecule has 0 aliphatic carbocycles. The van der Waals surface area contributed by atoms with Gasteiger partial charge in [0.05, 0.1) is 12.9 Å². The first kappa shape index (κ1) is 23.5. The summed E-state index contributed by atoms with van der Waals surface area (Å²) in [5, 5.41) is 4.43. The van der Waals surface area contributed by atoms with E-state index >= 15 is 0 Å². The number of thioether (sulfide) groups is 1. The molecule has 1 amide bonds. The fraction of sp³-hybridized carbons (Fsp3) is 0.320. The van der Waals surface area contributed by atoms with Crippen LogP contribution in [0.3, 0.4) is 0 Å². The second-order valence-corrected chi connectivity index (χ2v) is 9.47. The molecule has 0 bridgehead atoms. The highest BCUT2D eigenvalue weighted by atomic mass is 35.5. The van der Waals surface area contributed by atoms with Crippen molar-refractivity contribution in [3.63, 3.8) is 0 Å². The Labute approximate surface area is 203 Å². The molecule has 3 aromatic rings. The lowest BCUT2D eigenvalue weighted by Crippen LogP contribution is -2.32. The highest BCUT2D eigenvalue weighted by Gasteiger charge is 2.23. The van der Waals surface area contributed by atoms with Gasteiger partial charge in [-0.25, -0.2) is 9.97 Å². The van der Waals surface area contributed by atoms with Crippen LogP contribution in [0.4, 0.5) is 0 Å². The number of methoxy groups -OCH3 is 1. The van der Waals surface area contributed by atoms with E-state index < -0.39 is 0 Å². The molecule has 0 radical (unpaired) electrons. The van der Waals surface area contributed by atoms with Gasteiger partial charge in [-0.1, -0.05) is 47.6 Å². The average Bonchev–Trinajstić information content (AvgIpc) is 3.29. The van der Waals surface area contributed by atoms with E-state index in [0.717, 1.165) is 48.0 Å².